The van der Waals surface area contributed by atoms with Crippen LogP contribution in [0.1, 0.15) is 35.5 Å². The van der Waals surface area contributed by atoms with Gasteiger partial charge >= 0.3 is 0 Å². The van der Waals surface area contributed by atoms with E-state index in [-0.39, 0.29) is 11.9 Å². The van der Waals surface area contributed by atoms with E-state index in [4.69, 9.17) is 4.42 Å². The molecule has 4 heterocycles. The molecule has 1 aliphatic heterocycles. The van der Waals surface area contributed by atoms with Gasteiger partial charge in [-0.25, -0.2) is 4.98 Å². The van der Waals surface area contributed by atoms with Crippen molar-refractivity contribution in [1.82, 2.24) is 19.7 Å². The van der Waals surface area contributed by atoms with Crippen molar-refractivity contribution in [2.75, 3.05) is 6.54 Å². The Morgan fingerprint density at radius 1 is 1.38 bits per heavy atom. The maximum atomic E-state index is 13.0. The summed E-state index contributed by atoms with van der Waals surface area (Å²) in [7, 11) is 0. The van der Waals surface area contributed by atoms with Crippen LogP contribution in [0, 0.1) is 6.92 Å². The highest BCUT2D eigenvalue weighted by molar-refractivity contribution is 5.95. The zero-order chi connectivity index (χ0) is 16.5. The molecule has 4 rings (SSSR count). The molecule has 0 aromatic carbocycles. The zero-order valence-corrected chi connectivity index (χ0v) is 13.7. The third-order valence-corrected chi connectivity index (χ3v) is 4.57. The van der Waals surface area contributed by atoms with Crippen LogP contribution in [0.25, 0.3) is 11.1 Å². The van der Waals surface area contributed by atoms with Crippen LogP contribution in [0.4, 0.5) is 0 Å². The summed E-state index contributed by atoms with van der Waals surface area (Å²) < 4.78 is 7.63. The van der Waals surface area contributed by atoms with Gasteiger partial charge in [-0.1, -0.05) is 0 Å². The van der Waals surface area contributed by atoms with E-state index in [2.05, 4.69) is 10.1 Å². The number of amides is 1. The summed E-state index contributed by atoms with van der Waals surface area (Å²) in [6.07, 6.45) is 6.85. The number of hydrogen-bond donors (Lipinski definition) is 0. The van der Waals surface area contributed by atoms with Gasteiger partial charge in [-0.2, -0.15) is 5.10 Å². The molecule has 6 nitrogen and oxygen atoms in total. The highest BCUT2D eigenvalue weighted by atomic mass is 16.3. The van der Waals surface area contributed by atoms with Gasteiger partial charge in [0.1, 0.15) is 5.52 Å². The first-order valence-electron chi connectivity index (χ1n) is 8.36. The molecule has 124 valence electrons. The molecule has 0 bridgehead atoms. The fourth-order valence-electron chi connectivity index (χ4n) is 3.35. The molecule has 0 aliphatic carbocycles. The van der Waals surface area contributed by atoms with E-state index in [1.807, 2.05) is 40.9 Å². The number of fused-ring (bicyclic) bond motifs is 1. The molecule has 1 amide bonds. The van der Waals surface area contributed by atoms with Gasteiger partial charge in [-0.15, -0.1) is 0 Å². The number of nitrogens with zero attached hydrogens (tertiary/aromatic N) is 4. The number of furan rings is 1. The summed E-state index contributed by atoms with van der Waals surface area (Å²) in [4.78, 5) is 19.3. The van der Waals surface area contributed by atoms with Crippen molar-refractivity contribution < 1.29 is 9.21 Å². The number of piperidine rings is 1. The van der Waals surface area contributed by atoms with E-state index < -0.39 is 0 Å². The summed E-state index contributed by atoms with van der Waals surface area (Å²) in [5.41, 5.74) is 2.31. The van der Waals surface area contributed by atoms with Gasteiger partial charge in [-0.05, 0) is 44.4 Å². The highest BCUT2D eigenvalue weighted by Gasteiger charge is 2.29. The topological polar surface area (TPSA) is 64.2 Å². The first kappa shape index (κ1) is 14.9. The monoisotopic (exact) mass is 324 g/mol. The first-order chi connectivity index (χ1) is 11.7. The van der Waals surface area contributed by atoms with E-state index in [1.165, 1.54) is 0 Å². The van der Waals surface area contributed by atoms with Gasteiger partial charge < -0.3 is 9.32 Å². The standard InChI is InChI=1S/C18H20N4O2/c1-13-6-7-16-15(20-13)11-17(24-16)18(23)22-10-3-2-5-14(22)12-21-9-4-8-19-21/h4,6-9,11,14H,2-3,5,10,12H2,1H3/t14-/m1/s1. The lowest BCUT2D eigenvalue weighted by Crippen LogP contribution is -2.45. The van der Waals surface area contributed by atoms with Crippen LogP contribution in [0.5, 0.6) is 0 Å². The van der Waals surface area contributed by atoms with E-state index in [1.54, 1.807) is 12.3 Å². The van der Waals surface area contributed by atoms with Crippen LogP contribution in [0.2, 0.25) is 0 Å². The molecule has 0 radical (unpaired) electrons. The zero-order valence-electron chi connectivity index (χ0n) is 13.7. The average molecular weight is 324 g/mol. The predicted molar refractivity (Wildman–Crippen MR) is 89.6 cm³/mol. The molecule has 1 fully saturated rings. The fourth-order valence-corrected chi connectivity index (χ4v) is 3.35. The first-order valence-corrected chi connectivity index (χ1v) is 8.36. The predicted octanol–water partition coefficient (Wildman–Crippen LogP) is 3.03. The van der Waals surface area contributed by atoms with Crippen LogP contribution in [-0.4, -0.2) is 38.2 Å². The number of hydrogen-bond acceptors (Lipinski definition) is 4. The lowest BCUT2D eigenvalue weighted by Gasteiger charge is -2.35. The van der Waals surface area contributed by atoms with Crippen molar-refractivity contribution in [2.24, 2.45) is 0 Å². The van der Waals surface area contributed by atoms with Crippen molar-refractivity contribution in [3.63, 3.8) is 0 Å². The van der Waals surface area contributed by atoms with Crippen LogP contribution in [-0.2, 0) is 6.54 Å². The smallest absolute Gasteiger partial charge is 0.289 e. The number of carbonyl (C=O) groups is 1. The van der Waals surface area contributed by atoms with Crippen LogP contribution < -0.4 is 0 Å². The average Bonchev–Trinajstić information content (AvgIpc) is 3.23. The Morgan fingerprint density at radius 3 is 3.12 bits per heavy atom. The summed E-state index contributed by atoms with van der Waals surface area (Å²) in [6, 6.07) is 7.56. The summed E-state index contributed by atoms with van der Waals surface area (Å²) >= 11 is 0. The Hall–Kier alpha value is -2.63. The normalized spacial score (nSPS) is 18.2. The third kappa shape index (κ3) is 2.79. The van der Waals surface area contributed by atoms with Gasteiger partial charge in [0, 0.05) is 30.7 Å². The van der Waals surface area contributed by atoms with Crippen molar-refractivity contribution in [3.8, 4) is 0 Å². The molecule has 0 N–H and O–H groups in total. The minimum atomic E-state index is -0.0532. The third-order valence-electron chi connectivity index (χ3n) is 4.57. The van der Waals surface area contributed by atoms with Crippen LogP contribution >= 0.6 is 0 Å². The minimum Gasteiger partial charge on any atom is -0.449 e. The van der Waals surface area contributed by atoms with Gasteiger partial charge in [0.05, 0.1) is 12.6 Å². The maximum Gasteiger partial charge on any atom is 0.289 e. The second-order valence-corrected chi connectivity index (χ2v) is 6.32. The minimum absolute atomic E-state index is 0.0532. The molecule has 3 aromatic rings. The van der Waals surface area contributed by atoms with Gasteiger partial charge in [-0.3, -0.25) is 9.48 Å². The molecule has 0 saturated carbocycles. The molecular formula is C18H20N4O2. The number of rotatable bonds is 3. The van der Waals surface area contributed by atoms with Crippen LogP contribution in [0.15, 0.2) is 41.1 Å². The van der Waals surface area contributed by atoms with E-state index in [0.717, 1.165) is 43.6 Å². The van der Waals surface area contributed by atoms with Gasteiger partial charge in [0.25, 0.3) is 5.91 Å². The van der Waals surface area contributed by atoms with Crippen molar-refractivity contribution in [1.29, 1.82) is 0 Å². The van der Waals surface area contributed by atoms with E-state index in [0.29, 0.717) is 11.3 Å². The van der Waals surface area contributed by atoms with Crippen molar-refractivity contribution in [3.05, 3.63) is 48.1 Å². The Morgan fingerprint density at radius 2 is 2.29 bits per heavy atom. The lowest BCUT2D eigenvalue weighted by atomic mass is 10.0. The number of aryl methyl sites for hydroxylation is 1. The molecule has 0 spiro atoms. The maximum absolute atomic E-state index is 13.0. The summed E-state index contributed by atoms with van der Waals surface area (Å²) in [5.74, 6) is 0.318. The fraction of sp³-hybridized carbons (Fsp3) is 0.389. The Balaban J connectivity index is 1.60. The number of likely N-dealkylation sites (tertiary alicyclic amines) is 1. The van der Waals surface area contributed by atoms with E-state index >= 15 is 0 Å². The molecule has 6 heteroatoms. The second-order valence-electron chi connectivity index (χ2n) is 6.32. The number of aromatic nitrogens is 3. The van der Waals surface area contributed by atoms with Gasteiger partial charge in [0.2, 0.25) is 0 Å². The molecule has 1 aliphatic rings. The van der Waals surface area contributed by atoms with Crippen molar-refractivity contribution >= 4 is 17.0 Å². The molecule has 24 heavy (non-hydrogen) atoms. The van der Waals surface area contributed by atoms with E-state index in [9.17, 15) is 4.79 Å². The molecule has 1 atom stereocenters. The van der Waals surface area contributed by atoms with Gasteiger partial charge in [0.15, 0.2) is 11.3 Å². The number of pyridine rings is 1. The lowest BCUT2D eigenvalue weighted by molar-refractivity contribution is 0.0554. The number of carbonyl (C=O) groups excluding carboxylic acids is 1. The highest BCUT2D eigenvalue weighted by Crippen LogP contribution is 2.24. The Kier molecular flexibility index (Phi) is 3.80. The quantitative estimate of drug-likeness (QED) is 0.743. The Labute approximate surface area is 140 Å². The second kappa shape index (κ2) is 6.11. The SMILES string of the molecule is Cc1ccc2oc(C(=O)N3CCCC[C@@H]3Cn3cccn3)cc2n1. The Bertz CT molecular complexity index is 853. The van der Waals surface area contributed by atoms with Crippen LogP contribution in [0.3, 0.4) is 0 Å². The largest absolute Gasteiger partial charge is 0.449 e. The summed E-state index contributed by atoms with van der Waals surface area (Å²) in [5, 5.41) is 4.27. The molecular weight excluding hydrogens is 304 g/mol. The molecule has 0 unspecified atom stereocenters. The molecule has 1 saturated heterocycles. The summed E-state index contributed by atoms with van der Waals surface area (Å²) in [6.45, 7) is 3.41. The molecule has 3 aromatic heterocycles. The van der Waals surface area contributed by atoms with Crippen molar-refractivity contribution in [2.45, 2.75) is 38.8 Å².